The second-order valence-electron chi connectivity index (χ2n) is 5.77. The first-order valence-corrected chi connectivity index (χ1v) is 8.34. The van der Waals surface area contributed by atoms with Gasteiger partial charge in [0.05, 0.1) is 6.61 Å². The molecule has 0 aliphatic heterocycles. The van der Waals surface area contributed by atoms with E-state index in [0.29, 0.717) is 30.6 Å². The molecule has 4 nitrogen and oxygen atoms in total. The van der Waals surface area contributed by atoms with Crippen LogP contribution in [-0.2, 0) is 4.79 Å². The van der Waals surface area contributed by atoms with Crippen LogP contribution in [0.3, 0.4) is 0 Å². The van der Waals surface area contributed by atoms with Gasteiger partial charge in [-0.25, -0.2) is 0 Å². The van der Waals surface area contributed by atoms with Gasteiger partial charge in [0.25, 0.3) is 0 Å². The SMILES string of the molecule is Cc1ccc(OCCCC(=O)NC(=S)NC2CCCC2)cc1. The number of rotatable bonds is 6. The van der Waals surface area contributed by atoms with Crippen molar-refractivity contribution in [1.82, 2.24) is 10.6 Å². The molecule has 1 aliphatic carbocycles. The van der Waals surface area contributed by atoms with Gasteiger partial charge in [-0.1, -0.05) is 30.5 Å². The van der Waals surface area contributed by atoms with Crippen LogP contribution in [0.4, 0.5) is 0 Å². The highest BCUT2D eigenvalue weighted by atomic mass is 32.1. The quantitative estimate of drug-likeness (QED) is 0.625. The molecule has 1 aromatic carbocycles. The van der Waals surface area contributed by atoms with Crippen molar-refractivity contribution < 1.29 is 9.53 Å². The lowest BCUT2D eigenvalue weighted by atomic mass is 10.2. The summed E-state index contributed by atoms with van der Waals surface area (Å²) in [4.78, 5) is 11.8. The van der Waals surface area contributed by atoms with Crippen molar-refractivity contribution in [2.24, 2.45) is 0 Å². The maximum Gasteiger partial charge on any atom is 0.226 e. The average Bonchev–Trinajstić information content (AvgIpc) is 2.98. The molecular weight excluding hydrogens is 296 g/mol. The lowest BCUT2D eigenvalue weighted by Gasteiger charge is -2.14. The van der Waals surface area contributed by atoms with Gasteiger partial charge in [0.1, 0.15) is 5.75 Å². The van der Waals surface area contributed by atoms with E-state index in [0.717, 1.165) is 18.6 Å². The Morgan fingerprint density at radius 3 is 2.64 bits per heavy atom. The van der Waals surface area contributed by atoms with E-state index in [1.807, 2.05) is 31.2 Å². The van der Waals surface area contributed by atoms with E-state index >= 15 is 0 Å². The highest BCUT2D eigenvalue weighted by Crippen LogP contribution is 2.17. The van der Waals surface area contributed by atoms with Gasteiger partial charge in [0, 0.05) is 12.5 Å². The van der Waals surface area contributed by atoms with Gasteiger partial charge in [-0.15, -0.1) is 0 Å². The number of hydrogen-bond acceptors (Lipinski definition) is 3. The zero-order valence-corrected chi connectivity index (χ0v) is 13.9. The van der Waals surface area contributed by atoms with Crippen LogP contribution in [0.1, 0.15) is 44.1 Å². The summed E-state index contributed by atoms with van der Waals surface area (Å²) in [5.74, 6) is 0.785. The van der Waals surface area contributed by atoms with Gasteiger partial charge in [-0.3, -0.25) is 4.79 Å². The van der Waals surface area contributed by atoms with Crippen LogP contribution in [0.25, 0.3) is 0 Å². The first kappa shape index (κ1) is 16.7. The summed E-state index contributed by atoms with van der Waals surface area (Å²) in [6.07, 6.45) is 5.85. The topological polar surface area (TPSA) is 50.4 Å². The number of thiocarbonyl (C=S) groups is 1. The van der Waals surface area contributed by atoms with Crippen LogP contribution in [0.5, 0.6) is 5.75 Å². The fraction of sp³-hybridized carbons (Fsp3) is 0.529. The van der Waals surface area contributed by atoms with E-state index in [1.165, 1.54) is 18.4 Å². The molecule has 0 radical (unpaired) electrons. The number of nitrogens with one attached hydrogen (secondary N) is 2. The summed E-state index contributed by atoms with van der Waals surface area (Å²) in [5, 5.41) is 6.39. The van der Waals surface area contributed by atoms with E-state index in [1.54, 1.807) is 0 Å². The molecule has 2 rings (SSSR count). The molecule has 5 heteroatoms. The molecular formula is C17H24N2O2S. The highest BCUT2D eigenvalue weighted by Gasteiger charge is 2.16. The number of carbonyl (C=O) groups excluding carboxylic acids is 1. The number of aryl methyl sites for hydroxylation is 1. The van der Waals surface area contributed by atoms with Crippen molar-refractivity contribution in [3.63, 3.8) is 0 Å². The summed E-state index contributed by atoms with van der Waals surface area (Å²) in [6.45, 7) is 2.57. The van der Waals surface area contributed by atoms with Crippen LogP contribution in [-0.4, -0.2) is 23.7 Å². The van der Waals surface area contributed by atoms with E-state index in [4.69, 9.17) is 17.0 Å². The van der Waals surface area contributed by atoms with Gasteiger partial charge < -0.3 is 15.4 Å². The van der Waals surface area contributed by atoms with Crippen molar-refractivity contribution in [1.29, 1.82) is 0 Å². The first-order chi connectivity index (χ1) is 10.6. The van der Waals surface area contributed by atoms with Crippen molar-refractivity contribution in [3.05, 3.63) is 29.8 Å². The summed E-state index contributed by atoms with van der Waals surface area (Å²) < 4.78 is 5.60. The van der Waals surface area contributed by atoms with Crippen LogP contribution < -0.4 is 15.4 Å². The van der Waals surface area contributed by atoms with E-state index in [-0.39, 0.29) is 5.91 Å². The molecule has 120 valence electrons. The number of hydrogen-bond donors (Lipinski definition) is 2. The third-order valence-corrected chi connectivity index (χ3v) is 4.00. The third-order valence-electron chi connectivity index (χ3n) is 3.78. The monoisotopic (exact) mass is 320 g/mol. The molecule has 0 aromatic heterocycles. The van der Waals surface area contributed by atoms with E-state index < -0.39 is 0 Å². The molecule has 0 atom stereocenters. The Labute approximate surface area is 137 Å². The van der Waals surface area contributed by atoms with Gasteiger partial charge in [-0.2, -0.15) is 0 Å². The van der Waals surface area contributed by atoms with E-state index in [2.05, 4.69) is 10.6 Å². The normalized spacial score (nSPS) is 14.6. The summed E-state index contributed by atoms with van der Waals surface area (Å²) >= 11 is 5.16. The summed E-state index contributed by atoms with van der Waals surface area (Å²) in [6, 6.07) is 8.33. The smallest absolute Gasteiger partial charge is 0.226 e. The van der Waals surface area contributed by atoms with Gasteiger partial charge in [0.2, 0.25) is 5.91 Å². The minimum atomic E-state index is -0.0528. The number of benzene rings is 1. The zero-order chi connectivity index (χ0) is 15.8. The van der Waals surface area contributed by atoms with E-state index in [9.17, 15) is 4.79 Å². The van der Waals surface area contributed by atoms with Crippen molar-refractivity contribution in [3.8, 4) is 5.75 Å². The molecule has 1 aromatic rings. The molecule has 22 heavy (non-hydrogen) atoms. The predicted molar refractivity (Wildman–Crippen MR) is 92.0 cm³/mol. The number of ether oxygens (including phenoxy) is 1. The molecule has 0 spiro atoms. The molecule has 0 saturated heterocycles. The van der Waals surface area contributed by atoms with Crippen LogP contribution in [0, 0.1) is 6.92 Å². The Hall–Kier alpha value is -1.62. The fourth-order valence-corrected chi connectivity index (χ4v) is 2.82. The summed E-state index contributed by atoms with van der Waals surface area (Å²) in [5.41, 5.74) is 1.20. The van der Waals surface area contributed by atoms with Crippen molar-refractivity contribution in [2.75, 3.05) is 6.61 Å². The fourth-order valence-electron chi connectivity index (χ4n) is 2.54. The molecule has 0 unspecified atom stereocenters. The van der Waals surface area contributed by atoms with Crippen molar-refractivity contribution in [2.45, 2.75) is 51.5 Å². The van der Waals surface area contributed by atoms with Gasteiger partial charge in [0.15, 0.2) is 5.11 Å². The minimum Gasteiger partial charge on any atom is -0.494 e. The van der Waals surface area contributed by atoms with Crippen LogP contribution in [0.15, 0.2) is 24.3 Å². The lowest BCUT2D eigenvalue weighted by Crippen LogP contribution is -2.43. The van der Waals surface area contributed by atoms with Crippen LogP contribution >= 0.6 is 12.2 Å². The van der Waals surface area contributed by atoms with Gasteiger partial charge in [-0.05, 0) is 50.5 Å². The maximum absolute atomic E-state index is 11.8. The number of carbonyl (C=O) groups is 1. The van der Waals surface area contributed by atoms with Crippen LogP contribution in [0.2, 0.25) is 0 Å². The Balaban J connectivity index is 1.57. The third kappa shape index (κ3) is 6.02. The second-order valence-corrected chi connectivity index (χ2v) is 6.18. The first-order valence-electron chi connectivity index (χ1n) is 7.93. The second kappa shape index (κ2) is 8.73. The molecule has 1 fully saturated rings. The Bertz CT molecular complexity index is 496. The number of amides is 1. The van der Waals surface area contributed by atoms with Gasteiger partial charge >= 0.3 is 0 Å². The zero-order valence-electron chi connectivity index (χ0n) is 13.1. The van der Waals surface area contributed by atoms with Crippen molar-refractivity contribution >= 4 is 23.2 Å². The predicted octanol–water partition coefficient (Wildman–Crippen LogP) is 3.09. The molecule has 2 N–H and O–H groups in total. The maximum atomic E-state index is 11.8. The highest BCUT2D eigenvalue weighted by molar-refractivity contribution is 7.80. The molecule has 1 amide bonds. The Morgan fingerprint density at radius 1 is 1.27 bits per heavy atom. The largest absolute Gasteiger partial charge is 0.494 e. The molecule has 1 aliphatic rings. The minimum absolute atomic E-state index is 0.0528. The summed E-state index contributed by atoms with van der Waals surface area (Å²) in [7, 11) is 0. The standard InChI is InChI=1S/C17H24N2O2S/c1-13-8-10-15(11-9-13)21-12-4-7-16(20)19-17(22)18-14-5-2-3-6-14/h8-11,14H,2-7,12H2,1H3,(H2,18,19,20,22). The average molecular weight is 320 g/mol. The Morgan fingerprint density at radius 2 is 1.95 bits per heavy atom. The Kier molecular flexibility index (Phi) is 6.65. The lowest BCUT2D eigenvalue weighted by molar-refractivity contribution is -0.119. The molecule has 0 bridgehead atoms. The molecule has 1 saturated carbocycles. The molecule has 0 heterocycles.